The van der Waals surface area contributed by atoms with Crippen molar-refractivity contribution in [3.05, 3.63) is 39.5 Å². The Morgan fingerprint density at radius 1 is 0.912 bits per heavy atom. The van der Waals surface area contributed by atoms with E-state index in [0.717, 1.165) is 17.0 Å². The third-order valence-corrected chi connectivity index (χ3v) is 5.50. The van der Waals surface area contributed by atoms with E-state index in [9.17, 15) is 9.59 Å². The smallest absolute Gasteiger partial charge is 0.232 e. The lowest BCUT2D eigenvalue weighted by Gasteiger charge is -2.24. The maximum atomic E-state index is 12.7. The summed E-state index contributed by atoms with van der Waals surface area (Å²) in [6, 6.07) is 4.85. The van der Waals surface area contributed by atoms with Gasteiger partial charge in [0.25, 0.3) is 0 Å². The number of carbonyl (C=O) groups excluding carboxylic acids is 2. The standard InChI is InChI=1S/C24H29Cl2N5O3/c1-23(2,3)20(32)28-19-17-12-15(31-34-16-10-13(25)9-14(26)11-16)7-8-18(17)27-22(29-19)30-21(33)24(4,5)6/h9-11H,7-8,12H2,1-6H3,(H2,27,28,29,30,32,33)/b31-15-. The molecule has 1 aromatic carbocycles. The van der Waals surface area contributed by atoms with E-state index in [2.05, 4.69) is 25.8 Å². The lowest BCUT2D eigenvalue weighted by Crippen LogP contribution is -2.32. The van der Waals surface area contributed by atoms with Gasteiger partial charge >= 0.3 is 0 Å². The van der Waals surface area contributed by atoms with Gasteiger partial charge in [-0.1, -0.05) is 69.9 Å². The Balaban J connectivity index is 1.91. The number of rotatable bonds is 4. The number of aryl methyl sites for hydroxylation is 1. The van der Waals surface area contributed by atoms with Crippen molar-refractivity contribution in [2.24, 2.45) is 16.0 Å². The fourth-order valence-corrected chi connectivity index (χ4v) is 3.50. The molecule has 0 saturated heterocycles. The largest absolute Gasteiger partial charge is 0.357 e. The molecule has 0 fully saturated rings. The average Bonchev–Trinajstić information content (AvgIpc) is 2.70. The van der Waals surface area contributed by atoms with Crippen LogP contribution in [0.25, 0.3) is 0 Å². The molecule has 1 aliphatic carbocycles. The number of amides is 2. The normalized spacial score (nSPS) is 15.0. The van der Waals surface area contributed by atoms with E-state index in [4.69, 9.17) is 28.0 Å². The van der Waals surface area contributed by atoms with Gasteiger partial charge in [-0.3, -0.25) is 14.9 Å². The topological polar surface area (TPSA) is 106 Å². The van der Waals surface area contributed by atoms with Crippen molar-refractivity contribution < 1.29 is 14.4 Å². The molecule has 1 heterocycles. The Bertz CT molecular complexity index is 1130. The number of fused-ring (bicyclic) bond motifs is 1. The van der Waals surface area contributed by atoms with Gasteiger partial charge in [-0.05, 0) is 18.9 Å². The van der Waals surface area contributed by atoms with Gasteiger partial charge in [0.15, 0.2) is 5.75 Å². The van der Waals surface area contributed by atoms with Crippen molar-refractivity contribution in [2.45, 2.75) is 60.8 Å². The summed E-state index contributed by atoms with van der Waals surface area (Å²) in [6.45, 7) is 10.9. The van der Waals surface area contributed by atoms with Crippen molar-refractivity contribution in [1.82, 2.24) is 9.97 Å². The maximum Gasteiger partial charge on any atom is 0.232 e. The molecule has 2 N–H and O–H groups in total. The van der Waals surface area contributed by atoms with Crippen LogP contribution in [0.4, 0.5) is 11.8 Å². The van der Waals surface area contributed by atoms with Gasteiger partial charge in [0.05, 0.1) is 11.4 Å². The third-order valence-electron chi connectivity index (χ3n) is 5.06. The summed E-state index contributed by atoms with van der Waals surface area (Å²) in [5.41, 5.74) is 0.990. The molecule has 34 heavy (non-hydrogen) atoms. The number of aromatic nitrogens is 2. The SMILES string of the molecule is CC(C)(C)C(=O)Nc1nc2c(c(NC(=O)C(C)(C)C)n1)C/C(=N\Oc1cc(Cl)cc(Cl)c1)CC2. The van der Waals surface area contributed by atoms with E-state index < -0.39 is 10.8 Å². The molecule has 10 heteroatoms. The van der Waals surface area contributed by atoms with Gasteiger partial charge in [0.2, 0.25) is 17.8 Å². The fourth-order valence-electron chi connectivity index (χ4n) is 3.00. The molecule has 182 valence electrons. The van der Waals surface area contributed by atoms with Gasteiger partial charge in [-0.25, -0.2) is 4.98 Å². The molecular weight excluding hydrogens is 477 g/mol. The van der Waals surface area contributed by atoms with Gasteiger partial charge in [-0.15, -0.1) is 0 Å². The number of hydrogen-bond donors (Lipinski definition) is 2. The Kier molecular flexibility index (Phi) is 7.53. The quantitative estimate of drug-likeness (QED) is 0.520. The molecule has 3 rings (SSSR count). The average molecular weight is 506 g/mol. The van der Waals surface area contributed by atoms with Crippen LogP contribution in [0.3, 0.4) is 0 Å². The minimum absolute atomic E-state index is 0.160. The highest BCUT2D eigenvalue weighted by Crippen LogP contribution is 2.29. The second-order valence-corrected chi connectivity index (χ2v) is 11.1. The fraction of sp³-hybridized carbons (Fsp3) is 0.458. The molecular formula is C24H29Cl2N5O3. The van der Waals surface area contributed by atoms with Crippen LogP contribution in [0.2, 0.25) is 10.0 Å². The number of hydrogen-bond acceptors (Lipinski definition) is 6. The summed E-state index contributed by atoms with van der Waals surface area (Å²) < 4.78 is 0. The number of oxime groups is 1. The van der Waals surface area contributed by atoms with Crippen LogP contribution in [-0.2, 0) is 22.4 Å². The van der Waals surface area contributed by atoms with Crippen molar-refractivity contribution >= 4 is 52.5 Å². The van der Waals surface area contributed by atoms with E-state index in [1.165, 1.54) is 0 Å². The molecule has 0 atom stereocenters. The number of nitrogens with zero attached hydrogens (tertiary/aromatic N) is 3. The molecule has 0 unspecified atom stereocenters. The Hall–Kier alpha value is -2.71. The zero-order valence-electron chi connectivity index (χ0n) is 20.2. The summed E-state index contributed by atoms with van der Waals surface area (Å²) >= 11 is 12.0. The Labute approximate surface area is 209 Å². The molecule has 0 bridgehead atoms. The first-order valence-corrected chi connectivity index (χ1v) is 11.7. The van der Waals surface area contributed by atoms with Gasteiger partial charge in [0.1, 0.15) is 5.82 Å². The van der Waals surface area contributed by atoms with Gasteiger partial charge in [-0.2, -0.15) is 4.98 Å². The van der Waals surface area contributed by atoms with Crippen molar-refractivity contribution in [1.29, 1.82) is 0 Å². The molecule has 8 nitrogen and oxygen atoms in total. The third kappa shape index (κ3) is 6.67. The Morgan fingerprint density at radius 2 is 1.50 bits per heavy atom. The van der Waals surface area contributed by atoms with Crippen molar-refractivity contribution in [3.63, 3.8) is 0 Å². The molecule has 0 aliphatic heterocycles. The number of benzene rings is 1. The minimum atomic E-state index is -0.632. The summed E-state index contributed by atoms with van der Waals surface area (Å²) in [7, 11) is 0. The number of carbonyl (C=O) groups is 2. The highest BCUT2D eigenvalue weighted by Gasteiger charge is 2.28. The van der Waals surface area contributed by atoms with Crippen LogP contribution in [0.15, 0.2) is 23.4 Å². The van der Waals surface area contributed by atoms with Gasteiger partial charge < -0.3 is 10.2 Å². The first kappa shape index (κ1) is 25.9. The Morgan fingerprint density at radius 3 is 2.09 bits per heavy atom. The predicted octanol–water partition coefficient (Wildman–Crippen LogP) is 5.68. The molecule has 1 aliphatic rings. The van der Waals surface area contributed by atoms with Gasteiger partial charge in [0, 0.05) is 45.0 Å². The molecule has 1 aromatic heterocycles. The zero-order chi connectivity index (χ0) is 25.3. The van der Waals surface area contributed by atoms with Crippen molar-refractivity contribution in [2.75, 3.05) is 10.6 Å². The van der Waals surface area contributed by atoms with Crippen LogP contribution < -0.4 is 15.5 Å². The van der Waals surface area contributed by atoms with E-state index in [1.54, 1.807) is 39.0 Å². The molecule has 0 radical (unpaired) electrons. The van der Waals surface area contributed by atoms with Crippen molar-refractivity contribution in [3.8, 4) is 5.75 Å². The minimum Gasteiger partial charge on any atom is -0.357 e. The summed E-state index contributed by atoms with van der Waals surface area (Å²) in [5, 5.41) is 10.8. The first-order valence-electron chi connectivity index (χ1n) is 10.9. The molecule has 2 aromatic rings. The summed E-state index contributed by atoms with van der Waals surface area (Å²) in [4.78, 5) is 39.8. The number of anilines is 2. The second kappa shape index (κ2) is 9.88. The van der Waals surface area contributed by atoms with E-state index in [1.807, 2.05) is 20.8 Å². The lowest BCUT2D eigenvalue weighted by atomic mass is 9.93. The zero-order valence-corrected chi connectivity index (χ0v) is 21.7. The van der Waals surface area contributed by atoms with Crippen LogP contribution in [-0.4, -0.2) is 27.5 Å². The lowest BCUT2D eigenvalue weighted by molar-refractivity contribution is -0.123. The highest BCUT2D eigenvalue weighted by molar-refractivity contribution is 6.34. The molecule has 0 spiro atoms. The second-order valence-electron chi connectivity index (χ2n) is 10.3. The maximum absolute atomic E-state index is 12.7. The van der Waals surface area contributed by atoms with Crippen LogP contribution in [0.1, 0.15) is 59.2 Å². The van der Waals surface area contributed by atoms with Crippen LogP contribution >= 0.6 is 23.2 Å². The van der Waals surface area contributed by atoms with E-state index >= 15 is 0 Å². The number of nitrogens with one attached hydrogen (secondary N) is 2. The number of halogens is 2. The highest BCUT2D eigenvalue weighted by atomic mass is 35.5. The molecule has 0 saturated carbocycles. The molecule has 2 amide bonds. The van der Waals surface area contributed by atoms with Crippen LogP contribution in [0.5, 0.6) is 5.75 Å². The first-order chi connectivity index (χ1) is 15.7. The summed E-state index contributed by atoms with van der Waals surface area (Å²) in [5.74, 6) is 0.525. The van der Waals surface area contributed by atoms with E-state index in [0.29, 0.717) is 40.9 Å². The van der Waals surface area contributed by atoms with E-state index in [-0.39, 0.29) is 17.8 Å². The summed E-state index contributed by atoms with van der Waals surface area (Å²) in [6.07, 6.45) is 1.53. The van der Waals surface area contributed by atoms with Crippen LogP contribution in [0, 0.1) is 10.8 Å². The monoisotopic (exact) mass is 505 g/mol. The predicted molar refractivity (Wildman–Crippen MR) is 135 cm³/mol.